The monoisotopic (exact) mass is 454 g/mol. The zero-order valence-corrected chi connectivity index (χ0v) is 16.9. The van der Waals surface area contributed by atoms with E-state index in [4.69, 9.17) is 4.52 Å². The molecule has 2 heterocycles. The first-order valence-corrected chi connectivity index (χ1v) is 9.73. The molecule has 1 fully saturated rings. The Morgan fingerprint density at radius 2 is 2.12 bits per heavy atom. The third kappa shape index (κ3) is 3.60. The molecule has 1 aliphatic heterocycles. The first kappa shape index (κ1) is 18.4. The molecule has 0 bridgehead atoms. The zero-order valence-electron chi connectivity index (χ0n) is 14.7. The number of amides is 1. The van der Waals surface area contributed by atoms with Gasteiger partial charge in [-0.3, -0.25) is 4.79 Å². The minimum atomic E-state index is -0.821. The quantitative estimate of drug-likeness (QED) is 0.432. The third-order valence-electron chi connectivity index (χ3n) is 4.90. The number of halogens is 1. The van der Waals surface area contributed by atoms with Crippen molar-refractivity contribution in [3.05, 3.63) is 41.6 Å². The Kier molecular flexibility index (Phi) is 5.20. The molecule has 5 nitrogen and oxygen atoms in total. The molecule has 1 N–H and O–H groups in total. The number of benzene rings is 1. The van der Waals surface area contributed by atoms with Gasteiger partial charge >= 0.3 is 0 Å². The maximum absolute atomic E-state index is 13.2. The lowest BCUT2D eigenvalue weighted by Crippen LogP contribution is -2.51. The van der Waals surface area contributed by atoms with Gasteiger partial charge in [0.1, 0.15) is 5.56 Å². The number of nitrogens with zero attached hydrogens (tertiary/aromatic N) is 2. The normalized spacial score (nSPS) is 21.4. The highest BCUT2D eigenvalue weighted by molar-refractivity contribution is 14.1. The number of aryl methyl sites for hydroxylation is 1. The van der Waals surface area contributed by atoms with E-state index in [0.717, 1.165) is 24.0 Å². The molecule has 25 heavy (non-hydrogen) atoms. The van der Waals surface area contributed by atoms with Crippen molar-refractivity contribution in [2.24, 2.45) is 5.92 Å². The van der Waals surface area contributed by atoms with Crippen molar-refractivity contribution < 1.29 is 14.4 Å². The first-order valence-electron chi connectivity index (χ1n) is 8.49. The lowest BCUT2D eigenvalue weighted by molar-refractivity contribution is -0.0191. The molecule has 0 spiro atoms. The smallest absolute Gasteiger partial charge is 0.260 e. The fourth-order valence-electron chi connectivity index (χ4n) is 3.43. The van der Waals surface area contributed by atoms with E-state index in [-0.39, 0.29) is 15.9 Å². The summed E-state index contributed by atoms with van der Waals surface area (Å²) in [7, 11) is 0. The fraction of sp³-hybridized carbons (Fsp3) is 0.474. The van der Waals surface area contributed by atoms with Gasteiger partial charge in [-0.1, -0.05) is 52.0 Å². The number of carbonyl (C=O) groups excluding carboxylic acids is 1. The van der Waals surface area contributed by atoms with Gasteiger partial charge in [-0.15, -0.1) is 0 Å². The average Bonchev–Trinajstić information content (AvgIpc) is 3.03. The summed E-state index contributed by atoms with van der Waals surface area (Å²) in [4.78, 5) is 15.0. The van der Waals surface area contributed by atoms with Crippen LogP contribution in [-0.4, -0.2) is 37.3 Å². The van der Waals surface area contributed by atoms with Crippen LogP contribution in [0.25, 0.3) is 11.3 Å². The van der Waals surface area contributed by atoms with E-state index in [1.54, 1.807) is 0 Å². The first-order chi connectivity index (χ1) is 11.8. The Morgan fingerprint density at radius 3 is 2.80 bits per heavy atom. The molecule has 0 saturated carbocycles. The maximum atomic E-state index is 13.2. The molecule has 2 aromatic rings. The number of hydrogen-bond acceptors (Lipinski definition) is 4. The molecule has 2 atom stereocenters. The van der Waals surface area contributed by atoms with E-state index < -0.39 is 5.60 Å². The SMILES string of the molecule is Cc1ccccc1-c1oncc1C(=O)N1CCC[C@@H](C(C)(C)O)C1I. The second kappa shape index (κ2) is 7.07. The molecule has 1 aromatic carbocycles. The van der Waals surface area contributed by atoms with E-state index >= 15 is 0 Å². The van der Waals surface area contributed by atoms with Crippen LogP contribution in [0.3, 0.4) is 0 Å². The number of alkyl halides is 1. The number of piperidine rings is 1. The lowest BCUT2D eigenvalue weighted by atomic mass is 9.84. The molecule has 1 aromatic heterocycles. The molecule has 0 radical (unpaired) electrons. The van der Waals surface area contributed by atoms with Crippen LogP contribution in [0.4, 0.5) is 0 Å². The molecule has 3 rings (SSSR count). The van der Waals surface area contributed by atoms with E-state index in [9.17, 15) is 9.90 Å². The van der Waals surface area contributed by atoms with E-state index in [1.807, 2.05) is 49.9 Å². The molecule has 1 amide bonds. The zero-order chi connectivity index (χ0) is 18.2. The summed E-state index contributed by atoms with van der Waals surface area (Å²) < 4.78 is 5.35. The molecule has 134 valence electrons. The summed E-state index contributed by atoms with van der Waals surface area (Å²) >= 11 is 2.27. The van der Waals surface area contributed by atoms with Crippen LogP contribution in [-0.2, 0) is 0 Å². The number of rotatable bonds is 3. The van der Waals surface area contributed by atoms with Crippen LogP contribution in [0.5, 0.6) is 0 Å². The topological polar surface area (TPSA) is 66.6 Å². The van der Waals surface area contributed by atoms with Crippen molar-refractivity contribution in [3.8, 4) is 11.3 Å². The van der Waals surface area contributed by atoms with Gasteiger partial charge in [-0.2, -0.15) is 0 Å². The van der Waals surface area contributed by atoms with Crippen molar-refractivity contribution in [1.82, 2.24) is 10.1 Å². The predicted molar refractivity (Wildman–Crippen MR) is 105 cm³/mol. The van der Waals surface area contributed by atoms with Gasteiger partial charge < -0.3 is 14.5 Å². The summed E-state index contributed by atoms with van der Waals surface area (Å²) in [6, 6.07) is 7.80. The molecular formula is C19H23IN2O3. The van der Waals surface area contributed by atoms with Gasteiger partial charge in [0.2, 0.25) is 0 Å². The molecule has 0 aliphatic carbocycles. The van der Waals surface area contributed by atoms with Gasteiger partial charge in [0.05, 0.1) is 15.8 Å². The summed E-state index contributed by atoms with van der Waals surface area (Å²) in [6.45, 7) is 6.29. The van der Waals surface area contributed by atoms with Crippen molar-refractivity contribution >= 4 is 28.5 Å². The van der Waals surface area contributed by atoms with E-state index in [0.29, 0.717) is 17.9 Å². The Bertz CT molecular complexity index is 766. The number of aliphatic hydroxyl groups is 1. The largest absolute Gasteiger partial charge is 0.390 e. The van der Waals surface area contributed by atoms with Gasteiger partial charge in [-0.25, -0.2) is 0 Å². The van der Waals surface area contributed by atoms with Gasteiger partial charge in [0.25, 0.3) is 5.91 Å². The second-order valence-electron chi connectivity index (χ2n) is 7.16. The van der Waals surface area contributed by atoms with Crippen molar-refractivity contribution in [2.45, 2.75) is 43.3 Å². The van der Waals surface area contributed by atoms with E-state index in [2.05, 4.69) is 27.7 Å². The van der Waals surface area contributed by atoms with Crippen LogP contribution < -0.4 is 0 Å². The Balaban J connectivity index is 1.92. The van der Waals surface area contributed by atoms with Crippen LogP contribution >= 0.6 is 22.6 Å². The van der Waals surface area contributed by atoms with Gasteiger partial charge in [0.15, 0.2) is 5.76 Å². The third-order valence-corrected chi connectivity index (χ3v) is 6.44. The fourth-order valence-corrected chi connectivity index (χ4v) is 5.20. The molecule has 1 saturated heterocycles. The molecule has 6 heteroatoms. The Morgan fingerprint density at radius 1 is 1.40 bits per heavy atom. The van der Waals surface area contributed by atoms with E-state index in [1.165, 1.54) is 6.20 Å². The van der Waals surface area contributed by atoms with Crippen LogP contribution in [0.1, 0.15) is 42.6 Å². The number of carbonyl (C=O) groups is 1. The van der Waals surface area contributed by atoms with Gasteiger partial charge in [0, 0.05) is 18.0 Å². The van der Waals surface area contributed by atoms with Crippen molar-refractivity contribution in [1.29, 1.82) is 0 Å². The molecule has 1 aliphatic rings. The highest BCUT2D eigenvalue weighted by Gasteiger charge is 2.41. The summed E-state index contributed by atoms with van der Waals surface area (Å²) in [5.74, 6) is 0.456. The standard InChI is InChI=1S/C19H23IN2O3/c1-12-7-4-5-8-13(12)16-14(11-21-25-16)18(23)22-10-6-9-15(17(22)20)19(2,3)24/h4-5,7-8,11,15,17,24H,6,9-10H2,1-3H3/t15-,17?/m1/s1. The Labute approximate surface area is 161 Å². The van der Waals surface area contributed by atoms with Crippen molar-refractivity contribution in [3.63, 3.8) is 0 Å². The second-order valence-corrected chi connectivity index (χ2v) is 8.43. The lowest BCUT2D eigenvalue weighted by Gasteiger charge is -2.43. The van der Waals surface area contributed by atoms with Crippen LogP contribution in [0.2, 0.25) is 0 Å². The van der Waals surface area contributed by atoms with Crippen molar-refractivity contribution in [2.75, 3.05) is 6.54 Å². The summed E-state index contributed by atoms with van der Waals surface area (Å²) in [5.41, 5.74) is 1.57. The molecular weight excluding hydrogens is 431 g/mol. The summed E-state index contributed by atoms with van der Waals surface area (Å²) in [6.07, 6.45) is 3.29. The average molecular weight is 454 g/mol. The molecule has 1 unspecified atom stereocenters. The number of likely N-dealkylation sites (tertiary alicyclic amines) is 1. The van der Waals surface area contributed by atoms with Crippen LogP contribution in [0, 0.1) is 12.8 Å². The van der Waals surface area contributed by atoms with Gasteiger partial charge in [-0.05, 0) is 39.2 Å². The number of aromatic nitrogens is 1. The Hall–Kier alpha value is -1.41. The highest BCUT2D eigenvalue weighted by atomic mass is 127. The summed E-state index contributed by atoms with van der Waals surface area (Å²) in [5, 5.41) is 14.3. The minimum absolute atomic E-state index is 0.0348. The highest BCUT2D eigenvalue weighted by Crippen LogP contribution is 2.37. The predicted octanol–water partition coefficient (Wildman–Crippen LogP) is 4.03. The number of hydrogen-bond donors (Lipinski definition) is 1. The minimum Gasteiger partial charge on any atom is -0.390 e. The van der Waals surface area contributed by atoms with Crippen LogP contribution in [0.15, 0.2) is 35.0 Å². The maximum Gasteiger partial charge on any atom is 0.260 e.